The second kappa shape index (κ2) is 8.16. The molecule has 0 bridgehead atoms. The third-order valence-electron chi connectivity index (χ3n) is 4.41. The molecular weight excluding hydrogens is 418 g/mol. The molecule has 1 aromatic heterocycles. The first-order valence-corrected chi connectivity index (χ1v) is 11.4. The van der Waals surface area contributed by atoms with E-state index in [1.807, 2.05) is 23.7 Å². The summed E-state index contributed by atoms with van der Waals surface area (Å²) in [5.41, 5.74) is 1.26. The third-order valence-corrected chi connectivity index (χ3v) is 7.81. The minimum Gasteiger partial charge on any atom is -0.319 e. The summed E-state index contributed by atoms with van der Waals surface area (Å²) in [6, 6.07) is 11.4. The molecule has 0 aliphatic heterocycles. The van der Waals surface area contributed by atoms with Crippen molar-refractivity contribution < 1.29 is 13.2 Å². The van der Waals surface area contributed by atoms with Crippen LogP contribution in [-0.4, -0.2) is 36.3 Å². The van der Waals surface area contributed by atoms with E-state index in [9.17, 15) is 13.2 Å². The van der Waals surface area contributed by atoms with E-state index in [2.05, 4.69) is 4.99 Å². The van der Waals surface area contributed by atoms with Gasteiger partial charge in [-0.1, -0.05) is 36.8 Å². The molecule has 6 nitrogen and oxygen atoms in total. The van der Waals surface area contributed by atoms with Crippen LogP contribution in [0, 0.1) is 0 Å². The molecule has 3 rings (SSSR count). The molecule has 0 N–H and O–H groups in total. The lowest BCUT2D eigenvalue weighted by Gasteiger charge is -2.18. The lowest BCUT2D eigenvalue weighted by Crippen LogP contribution is -2.30. The van der Waals surface area contributed by atoms with Crippen LogP contribution in [0.3, 0.4) is 0 Å². The standard InChI is InChI=1S/C19H20ClN3O3S2/c1-4-23(5-2)28(25,26)15-9-6-13(7-10-15)18(24)21-19-22(3)16-11-8-14(20)12-17(16)27-19/h6-12H,4-5H2,1-3H3. The summed E-state index contributed by atoms with van der Waals surface area (Å²) in [6.45, 7) is 4.36. The molecular formula is C19H20ClN3O3S2. The summed E-state index contributed by atoms with van der Waals surface area (Å²) >= 11 is 7.39. The predicted molar refractivity (Wildman–Crippen MR) is 112 cm³/mol. The fraction of sp³-hybridized carbons (Fsp3) is 0.263. The van der Waals surface area contributed by atoms with Gasteiger partial charge in [0.25, 0.3) is 5.91 Å². The predicted octanol–water partition coefficient (Wildman–Crippen LogP) is 3.66. The van der Waals surface area contributed by atoms with E-state index in [4.69, 9.17) is 11.6 Å². The summed E-state index contributed by atoms with van der Waals surface area (Å²) in [5.74, 6) is -0.431. The maximum absolute atomic E-state index is 12.6. The van der Waals surface area contributed by atoms with E-state index in [0.717, 1.165) is 10.2 Å². The van der Waals surface area contributed by atoms with Crippen LogP contribution >= 0.6 is 22.9 Å². The van der Waals surface area contributed by atoms with Crippen LogP contribution in [-0.2, 0) is 17.1 Å². The minimum atomic E-state index is -3.55. The molecule has 0 spiro atoms. The largest absolute Gasteiger partial charge is 0.319 e. The molecule has 148 valence electrons. The molecule has 0 saturated carbocycles. The van der Waals surface area contributed by atoms with E-state index >= 15 is 0 Å². The molecule has 9 heteroatoms. The van der Waals surface area contributed by atoms with E-state index in [0.29, 0.717) is 28.5 Å². The van der Waals surface area contributed by atoms with Crippen LogP contribution in [0.25, 0.3) is 10.2 Å². The second-order valence-electron chi connectivity index (χ2n) is 6.09. The number of carbonyl (C=O) groups excluding carboxylic acids is 1. The van der Waals surface area contributed by atoms with Gasteiger partial charge in [0.05, 0.1) is 15.1 Å². The highest BCUT2D eigenvalue weighted by atomic mass is 35.5. The van der Waals surface area contributed by atoms with Crippen LogP contribution in [0.5, 0.6) is 0 Å². The number of aromatic nitrogens is 1. The number of thiazole rings is 1. The van der Waals surface area contributed by atoms with Crippen molar-refractivity contribution in [3.05, 3.63) is 57.9 Å². The Morgan fingerprint density at radius 1 is 1.14 bits per heavy atom. The van der Waals surface area contributed by atoms with Crippen molar-refractivity contribution in [1.82, 2.24) is 8.87 Å². The average molecular weight is 438 g/mol. The first-order valence-electron chi connectivity index (χ1n) is 8.72. The number of rotatable bonds is 5. The summed E-state index contributed by atoms with van der Waals surface area (Å²) < 4.78 is 29.2. The fourth-order valence-corrected chi connectivity index (χ4v) is 5.60. The van der Waals surface area contributed by atoms with E-state index in [1.165, 1.54) is 39.9 Å². The van der Waals surface area contributed by atoms with Gasteiger partial charge in [-0.25, -0.2) is 8.42 Å². The molecule has 0 atom stereocenters. The summed E-state index contributed by atoms with van der Waals surface area (Å²) in [4.78, 5) is 17.5. The van der Waals surface area contributed by atoms with Crippen molar-refractivity contribution in [3.8, 4) is 0 Å². The van der Waals surface area contributed by atoms with Crippen molar-refractivity contribution in [3.63, 3.8) is 0 Å². The fourth-order valence-electron chi connectivity index (χ4n) is 2.85. The highest BCUT2D eigenvalue weighted by Crippen LogP contribution is 2.21. The van der Waals surface area contributed by atoms with Gasteiger partial charge in [-0.3, -0.25) is 4.79 Å². The van der Waals surface area contributed by atoms with Crippen molar-refractivity contribution in [1.29, 1.82) is 0 Å². The molecule has 0 unspecified atom stereocenters. The smallest absolute Gasteiger partial charge is 0.279 e. The quantitative estimate of drug-likeness (QED) is 0.611. The zero-order valence-electron chi connectivity index (χ0n) is 15.7. The number of halogens is 1. The summed E-state index contributed by atoms with van der Waals surface area (Å²) in [6.07, 6.45) is 0. The van der Waals surface area contributed by atoms with Crippen LogP contribution in [0.1, 0.15) is 24.2 Å². The number of carbonyl (C=O) groups is 1. The molecule has 0 aliphatic rings. The molecule has 0 saturated heterocycles. The molecule has 1 amide bonds. The van der Waals surface area contributed by atoms with Gasteiger partial charge < -0.3 is 4.57 Å². The number of nitrogens with zero attached hydrogens (tertiary/aromatic N) is 3. The van der Waals surface area contributed by atoms with Crippen molar-refractivity contribution in [2.75, 3.05) is 13.1 Å². The Labute approximate surface area is 172 Å². The van der Waals surface area contributed by atoms with Crippen molar-refractivity contribution >= 4 is 49.1 Å². The van der Waals surface area contributed by atoms with Gasteiger partial charge in [0.1, 0.15) is 0 Å². The molecule has 3 aromatic rings. The molecule has 0 aliphatic carbocycles. The molecule has 1 heterocycles. The Balaban J connectivity index is 1.94. The summed E-state index contributed by atoms with van der Waals surface area (Å²) in [7, 11) is -1.72. The monoisotopic (exact) mass is 437 g/mol. The number of fused-ring (bicyclic) bond motifs is 1. The Hall–Kier alpha value is -2.00. The summed E-state index contributed by atoms with van der Waals surface area (Å²) in [5, 5.41) is 0.622. The Bertz CT molecular complexity index is 1190. The third kappa shape index (κ3) is 3.91. The van der Waals surface area contributed by atoms with Gasteiger partial charge in [-0.15, -0.1) is 0 Å². The van der Waals surface area contributed by atoms with Crippen molar-refractivity contribution in [2.24, 2.45) is 12.0 Å². The van der Waals surface area contributed by atoms with E-state index < -0.39 is 15.9 Å². The highest BCUT2D eigenvalue weighted by molar-refractivity contribution is 7.89. The van der Waals surface area contributed by atoms with Crippen LogP contribution < -0.4 is 4.80 Å². The average Bonchev–Trinajstić information content (AvgIpc) is 2.97. The van der Waals surface area contributed by atoms with Gasteiger partial charge in [0.2, 0.25) is 10.0 Å². The molecule has 0 fully saturated rings. The van der Waals surface area contributed by atoms with Crippen LogP contribution in [0.4, 0.5) is 0 Å². The maximum Gasteiger partial charge on any atom is 0.279 e. The van der Waals surface area contributed by atoms with Gasteiger partial charge in [0, 0.05) is 30.7 Å². The first kappa shape index (κ1) is 20.7. The van der Waals surface area contributed by atoms with Gasteiger partial charge in [-0.2, -0.15) is 9.30 Å². The van der Waals surface area contributed by atoms with Crippen molar-refractivity contribution in [2.45, 2.75) is 18.7 Å². The van der Waals surface area contributed by atoms with E-state index in [1.54, 1.807) is 19.9 Å². The molecule has 0 radical (unpaired) electrons. The number of sulfonamides is 1. The zero-order valence-corrected chi connectivity index (χ0v) is 18.1. The van der Waals surface area contributed by atoms with Gasteiger partial charge >= 0.3 is 0 Å². The number of benzene rings is 2. The number of aryl methyl sites for hydroxylation is 1. The SMILES string of the molecule is CCN(CC)S(=O)(=O)c1ccc(C(=O)N=c2sc3cc(Cl)ccc3n2C)cc1. The lowest BCUT2D eigenvalue weighted by molar-refractivity contribution is 0.0998. The highest BCUT2D eigenvalue weighted by Gasteiger charge is 2.21. The minimum absolute atomic E-state index is 0.162. The molecule has 2 aromatic carbocycles. The zero-order chi connectivity index (χ0) is 20.5. The molecule has 28 heavy (non-hydrogen) atoms. The normalized spacial score (nSPS) is 12.8. The van der Waals surface area contributed by atoms with Crippen LogP contribution in [0.2, 0.25) is 5.02 Å². The second-order valence-corrected chi connectivity index (χ2v) is 9.47. The van der Waals surface area contributed by atoms with Crippen LogP contribution in [0.15, 0.2) is 52.4 Å². The van der Waals surface area contributed by atoms with Gasteiger partial charge in [0.15, 0.2) is 4.80 Å². The first-order chi connectivity index (χ1) is 13.3. The topological polar surface area (TPSA) is 71.7 Å². The van der Waals surface area contributed by atoms with Gasteiger partial charge in [-0.05, 0) is 42.5 Å². The Morgan fingerprint density at radius 2 is 1.79 bits per heavy atom. The Morgan fingerprint density at radius 3 is 2.39 bits per heavy atom. The number of hydrogen-bond donors (Lipinski definition) is 0. The van der Waals surface area contributed by atoms with E-state index in [-0.39, 0.29) is 4.90 Å². The number of amides is 1. The Kier molecular flexibility index (Phi) is 6.04. The maximum atomic E-state index is 12.6. The number of hydrogen-bond acceptors (Lipinski definition) is 4. The lowest BCUT2D eigenvalue weighted by atomic mass is 10.2.